The normalized spacial score (nSPS) is 12.5. The highest BCUT2D eigenvalue weighted by Gasteiger charge is 2.19. The molecule has 6 nitrogen and oxygen atoms in total. The topological polar surface area (TPSA) is 78.9 Å². The third kappa shape index (κ3) is 61.7. The van der Waals surface area contributed by atoms with Crippen LogP contribution in [0.3, 0.4) is 0 Å². The van der Waals surface area contributed by atoms with Gasteiger partial charge in [-0.1, -0.05) is 299 Å². The zero-order valence-corrected chi connectivity index (χ0v) is 50.5. The minimum atomic E-state index is -0.780. The first-order chi connectivity index (χ1) is 37.5. The second-order valence-corrected chi connectivity index (χ2v) is 22.0. The molecule has 0 aliphatic carbocycles. The van der Waals surface area contributed by atoms with Crippen LogP contribution in [0.5, 0.6) is 0 Å². The van der Waals surface area contributed by atoms with E-state index >= 15 is 0 Å². The lowest BCUT2D eigenvalue weighted by atomic mass is 10.0. The van der Waals surface area contributed by atoms with E-state index < -0.39 is 6.10 Å². The number of unbranched alkanes of at least 4 members (excludes halogenated alkanes) is 37. The smallest absolute Gasteiger partial charge is 0.306 e. The van der Waals surface area contributed by atoms with Gasteiger partial charge < -0.3 is 14.2 Å². The molecule has 0 aliphatic rings. The van der Waals surface area contributed by atoms with Gasteiger partial charge >= 0.3 is 17.9 Å². The molecule has 0 aromatic rings. The Balaban J connectivity index is 4.28. The molecule has 0 amide bonds. The van der Waals surface area contributed by atoms with E-state index in [-0.39, 0.29) is 31.1 Å². The van der Waals surface area contributed by atoms with E-state index in [0.29, 0.717) is 19.3 Å². The lowest BCUT2D eigenvalue weighted by Gasteiger charge is -2.18. The zero-order chi connectivity index (χ0) is 55.0. The fourth-order valence-corrected chi connectivity index (χ4v) is 9.53. The van der Waals surface area contributed by atoms with E-state index in [2.05, 4.69) is 93.7 Å². The van der Waals surface area contributed by atoms with E-state index in [1.165, 1.54) is 193 Å². The van der Waals surface area contributed by atoms with Crippen molar-refractivity contribution in [3.8, 4) is 0 Å². The van der Waals surface area contributed by atoms with Gasteiger partial charge in [0.25, 0.3) is 0 Å². The Bertz CT molecular complexity index is 1400. The molecule has 0 radical (unpaired) electrons. The predicted octanol–water partition coefficient (Wildman–Crippen LogP) is 22.5. The molecule has 440 valence electrons. The van der Waals surface area contributed by atoms with Gasteiger partial charge in [-0.2, -0.15) is 0 Å². The lowest BCUT2D eigenvalue weighted by Crippen LogP contribution is -2.30. The highest BCUT2D eigenvalue weighted by Crippen LogP contribution is 2.17. The predicted molar refractivity (Wildman–Crippen MR) is 330 cm³/mol. The van der Waals surface area contributed by atoms with Gasteiger partial charge in [0.05, 0.1) is 0 Å². The monoisotopic (exact) mass is 1060 g/mol. The molecule has 0 spiro atoms. The number of esters is 3. The van der Waals surface area contributed by atoms with Crippen LogP contribution in [0.2, 0.25) is 0 Å². The molecule has 1 unspecified atom stereocenters. The van der Waals surface area contributed by atoms with Crippen LogP contribution in [-0.2, 0) is 28.6 Å². The third-order valence-corrected chi connectivity index (χ3v) is 14.4. The number of carbonyl (C=O) groups is 3. The Morgan fingerprint density at radius 1 is 0.276 bits per heavy atom. The van der Waals surface area contributed by atoms with Crippen molar-refractivity contribution in [2.45, 2.75) is 341 Å². The summed E-state index contributed by atoms with van der Waals surface area (Å²) in [7, 11) is 0. The first-order valence-corrected chi connectivity index (χ1v) is 32.9. The van der Waals surface area contributed by atoms with Crippen molar-refractivity contribution in [2.24, 2.45) is 0 Å². The van der Waals surface area contributed by atoms with Crippen LogP contribution >= 0.6 is 0 Å². The number of hydrogen-bond donors (Lipinski definition) is 0. The second kappa shape index (κ2) is 64.4. The van der Waals surface area contributed by atoms with Crippen LogP contribution in [0.4, 0.5) is 0 Å². The third-order valence-electron chi connectivity index (χ3n) is 14.4. The van der Waals surface area contributed by atoms with E-state index in [0.717, 1.165) is 103 Å². The van der Waals surface area contributed by atoms with Gasteiger partial charge in [0.15, 0.2) is 6.10 Å². The summed E-state index contributed by atoms with van der Waals surface area (Å²) >= 11 is 0. The van der Waals surface area contributed by atoms with Crippen molar-refractivity contribution in [1.82, 2.24) is 0 Å². The minimum Gasteiger partial charge on any atom is -0.462 e. The maximum Gasteiger partial charge on any atom is 0.306 e. The number of carbonyl (C=O) groups excluding carboxylic acids is 3. The Morgan fingerprint density at radius 2 is 0.513 bits per heavy atom. The van der Waals surface area contributed by atoms with Crippen molar-refractivity contribution in [2.75, 3.05) is 13.2 Å². The SMILES string of the molecule is CC/C=C\C/C=C\C/C=C\C/C=C\C/C=C\CCCCCCCCCCCC(=O)OCC(COC(=O)CCCCCCC/C=C\CCCCC)OC(=O)CCCCCCCCCCCCCCCCCCCCCCC. The molecule has 6 heteroatoms. The molecule has 76 heavy (non-hydrogen) atoms. The van der Waals surface area contributed by atoms with Gasteiger partial charge in [-0.15, -0.1) is 0 Å². The number of hydrogen-bond acceptors (Lipinski definition) is 6. The molecular formula is C70H124O6. The molecule has 0 aromatic carbocycles. The summed E-state index contributed by atoms with van der Waals surface area (Å²) < 4.78 is 16.9. The Labute approximate surface area is 472 Å². The number of ether oxygens (including phenoxy) is 3. The molecule has 0 aliphatic heterocycles. The highest BCUT2D eigenvalue weighted by atomic mass is 16.6. The standard InChI is InChI=1S/C70H124O6/c1-4-7-10-13-16-19-22-25-27-29-31-33-34-35-36-38-39-41-43-45-48-51-54-57-60-63-69(72)75-66-67(65-74-68(71)62-59-56-53-50-47-24-21-18-15-12-9-6-3)76-70(73)64-61-58-55-52-49-46-44-42-40-37-32-30-28-26-23-20-17-14-11-8-5-2/h7,10,16,18-19,21,25,27,31,33,35-36,67H,4-6,8-9,11-15,17,20,22-24,26,28-30,32,34,37-66H2,1-3H3/b10-7-,19-16-,21-18-,27-25-,33-31-,36-35-. The van der Waals surface area contributed by atoms with Crippen LogP contribution in [0, 0.1) is 0 Å². The molecular weight excluding hydrogens is 937 g/mol. The van der Waals surface area contributed by atoms with Crippen molar-refractivity contribution >= 4 is 17.9 Å². The molecule has 0 heterocycles. The zero-order valence-electron chi connectivity index (χ0n) is 50.5. The van der Waals surface area contributed by atoms with Gasteiger partial charge in [-0.3, -0.25) is 14.4 Å². The van der Waals surface area contributed by atoms with Gasteiger partial charge in [0, 0.05) is 19.3 Å². The van der Waals surface area contributed by atoms with Gasteiger partial charge in [0.2, 0.25) is 0 Å². The molecule has 0 bridgehead atoms. The number of allylic oxidation sites excluding steroid dienone is 12. The summed E-state index contributed by atoms with van der Waals surface area (Å²) in [5, 5.41) is 0. The maximum absolute atomic E-state index is 12.9. The summed E-state index contributed by atoms with van der Waals surface area (Å²) in [4.78, 5) is 38.3. The van der Waals surface area contributed by atoms with Crippen molar-refractivity contribution in [3.05, 3.63) is 72.9 Å². The number of rotatable bonds is 60. The van der Waals surface area contributed by atoms with Crippen LogP contribution in [0.15, 0.2) is 72.9 Å². The Kier molecular flexibility index (Phi) is 61.7. The average molecular weight is 1060 g/mol. The van der Waals surface area contributed by atoms with Crippen molar-refractivity contribution in [3.63, 3.8) is 0 Å². The van der Waals surface area contributed by atoms with Gasteiger partial charge in [-0.05, 0) is 89.9 Å². The quantitative estimate of drug-likeness (QED) is 0.0261. The van der Waals surface area contributed by atoms with E-state index in [4.69, 9.17) is 14.2 Å². The summed E-state index contributed by atoms with van der Waals surface area (Å²) in [6, 6.07) is 0. The van der Waals surface area contributed by atoms with Gasteiger partial charge in [-0.25, -0.2) is 0 Å². The molecule has 1 atom stereocenters. The highest BCUT2D eigenvalue weighted by molar-refractivity contribution is 5.71. The van der Waals surface area contributed by atoms with Crippen molar-refractivity contribution < 1.29 is 28.6 Å². The summed E-state index contributed by atoms with van der Waals surface area (Å²) in [5.41, 5.74) is 0. The first kappa shape index (κ1) is 72.8. The fourth-order valence-electron chi connectivity index (χ4n) is 9.53. The molecule has 0 saturated heterocycles. The Hall–Kier alpha value is -3.15. The van der Waals surface area contributed by atoms with Crippen LogP contribution in [0.25, 0.3) is 0 Å². The molecule has 0 fully saturated rings. The second-order valence-electron chi connectivity index (χ2n) is 22.0. The summed E-state index contributed by atoms with van der Waals surface area (Å²) in [5.74, 6) is -0.875. The minimum absolute atomic E-state index is 0.0781. The molecule has 0 aromatic heterocycles. The van der Waals surface area contributed by atoms with Crippen LogP contribution < -0.4 is 0 Å². The van der Waals surface area contributed by atoms with Crippen LogP contribution in [-0.4, -0.2) is 37.2 Å². The largest absolute Gasteiger partial charge is 0.462 e. The van der Waals surface area contributed by atoms with Crippen molar-refractivity contribution in [1.29, 1.82) is 0 Å². The lowest BCUT2D eigenvalue weighted by molar-refractivity contribution is -0.167. The fraction of sp³-hybridized carbons (Fsp3) is 0.786. The molecule has 0 saturated carbocycles. The van der Waals surface area contributed by atoms with E-state index in [9.17, 15) is 14.4 Å². The summed E-state index contributed by atoms with van der Waals surface area (Å²) in [6.45, 7) is 6.54. The van der Waals surface area contributed by atoms with Gasteiger partial charge in [0.1, 0.15) is 13.2 Å². The Morgan fingerprint density at radius 3 is 0.842 bits per heavy atom. The maximum atomic E-state index is 12.9. The average Bonchev–Trinajstić information content (AvgIpc) is 3.42. The molecule has 0 rings (SSSR count). The first-order valence-electron chi connectivity index (χ1n) is 32.9. The van der Waals surface area contributed by atoms with E-state index in [1.807, 2.05) is 0 Å². The molecule has 0 N–H and O–H groups in total. The summed E-state index contributed by atoms with van der Waals surface area (Å²) in [6.07, 6.45) is 83.4. The van der Waals surface area contributed by atoms with Crippen LogP contribution in [0.1, 0.15) is 335 Å². The van der Waals surface area contributed by atoms with E-state index in [1.54, 1.807) is 0 Å².